The molecule has 1 N–H and O–H groups in total. The normalized spacial score (nSPS) is 11.0. The van der Waals surface area contributed by atoms with Gasteiger partial charge in [0, 0.05) is 19.3 Å². The molecule has 0 radical (unpaired) electrons. The van der Waals surface area contributed by atoms with E-state index in [2.05, 4.69) is 25.6 Å². The number of para-hydroxylation sites is 2. The molecule has 0 aliphatic rings. The first-order chi connectivity index (χ1) is 9.92. The van der Waals surface area contributed by atoms with Crippen molar-refractivity contribution in [1.82, 2.24) is 30.3 Å². The first-order valence-corrected chi connectivity index (χ1v) is 6.67. The molecule has 0 fully saturated rings. The monoisotopic (exact) mass is 268 g/mol. The van der Waals surface area contributed by atoms with E-state index in [4.69, 9.17) is 0 Å². The third-order valence-electron chi connectivity index (χ3n) is 3.02. The van der Waals surface area contributed by atoms with Crippen LogP contribution in [0.4, 0.5) is 0 Å². The Bertz CT molecular complexity index is 664. The summed E-state index contributed by atoms with van der Waals surface area (Å²) in [5.41, 5.74) is 2.83. The van der Waals surface area contributed by atoms with Gasteiger partial charge in [-0.25, -0.2) is 4.98 Å². The van der Waals surface area contributed by atoms with Gasteiger partial charge in [-0.2, -0.15) is 0 Å². The minimum atomic E-state index is 0.731. The second kappa shape index (κ2) is 6.21. The summed E-state index contributed by atoms with van der Waals surface area (Å²) in [5.74, 6) is 0. The van der Waals surface area contributed by atoms with E-state index in [1.165, 1.54) is 0 Å². The highest BCUT2D eigenvalue weighted by Crippen LogP contribution is 2.08. The van der Waals surface area contributed by atoms with Crippen molar-refractivity contribution < 1.29 is 0 Å². The van der Waals surface area contributed by atoms with Crippen molar-refractivity contribution in [3.05, 3.63) is 48.5 Å². The highest BCUT2D eigenvalue weighted by atomic mass is 15.4. The minimum Gasteiger partial charge on any atom is -0.311 e. The summed E-state index contributed by atoms with van der Waals surface area (Å²) in [6.45, 7) is 2.51. The van der Waals surface area contributed by atoms with E-state index in [1.807, 2.05) is 41.3 Å². The molecule has 0 saturated carbocycles. The Labute approximate surface area is 116 Å². The fourth-order valence-corrected chi connectivity index (χ4v) is 2.02. The van der Waals surface area contributed by atoms with Crippen LogP contribution < -0.4 is 5.32 Å². The molecule has 1 aromatic carbocycles. The molecule has 6 heteroatoms. The molecule has 2 heterocycles. The molecular weight excluding hydrogens is 252 g/mol. The molecule has 0 spiro atoms. The van der Waals surface area contributed by atoms with E-state index < -0.39 is 0 Å². The largest absolute Gasteiger partial charge is 0.311 e. The summed E-state index contributed by atoms with van der Waals surface area (Å²) < 4.78 is 1.83. The van der Waals surface area contributed by atoms with Gasteiger partial charge in [-0.3, -0.25) is 9.67 Å². The lowest BCUT2D eigenvalue weighted by molar-refractivity contribution is 0.528. The number of aromatic nitrogens is 5. The number of nitrogens with one attached hydrogen (secondary N) is 1. The quantitative estimate of drug-likeness (QED) is 0.684. The van der Waals surface area contributed by atoms with Gasteiger partial charge < -0.3 is 5.32 Å². The lowest BCUT2D eigenvalue weighted by atomic mass is 10.3. The predicted octanol–water partition coefficient (Wildman–Crippen LogP) is 1.40. The molecule has 20 heavy (non-hydrogen) atoms. The topological polar surface area (TPSA) is 68.5 Å². The van der Waals surface area contributed by atoms with Gasteiger partial charge in [0.15, 0.2) is 0 Å². The van der Waals surface area contributed by atoms with Gasteiger partial charge in [-0.05, 0) is 25.1 Å². The van der Waals surface area contributed by atoms with Gasteiger partial charge in [-0.1, -0.05) is 17.3 Å². The first-order valence-electron chi connectivity index (χ1n) is 6.67. The number of hydrogen-bond acceptors (Lipinski definition) is 5. The number of fused-ring (bicyclic) bond motifs is 1. The molecule has 0 unspecified atom stereocenters. The second-order valence-electron chi connectivity index (χ2n) is 4.55. The Balaban J connectivity index is 1.47. The average molecular weight is 268 g/mol. The predicted molar refractivity (Wildman–Crippen MR) is 75.9 cm³/mol. The van der Waals surface area contributed by atoms with Crippen molar-refractivity contribution in [1.29, 1.82) is 0 Å². The Kier molecular flexibility index (Phi) is 3.93. The molecule has 6 nitrogen and oxygen atoms in total. The zero-order valence-corrected chi connectivity index (χ0v) is 11.1. The number of benzene rings is 1. The van der Waals surface area contributed by atoms with Crippen LogP contribution in [0.2, 0.25) is 0 Å². The molecule has 0 amide bonds. The fraction of sp³-hybridized carbons (Fsp3) is 0.286. The maximum absolute atomic E-state index is 4.57. The van der Waals surface area contributed by atoms with Gasteiger partial charge in [-0.15, -0.1) is 5.10 Å². The third-order valence-corrected chi connectivity index (χ3v) is 3.02. The summed E-state index contributed by atoms with van der Waals surface area (Å²) in [5, 5.41) is 11.1. The van der Waals surface area contributed by atoms with E-state index in [1.54, 1.807) is 6.20 Å². The maximum Gasteiger partial charge on any atom is 0.0890 e. The molecule has 0 bridgehead atoms. The lowest BCUT2D eigenvalue weighted by Gasteiger charge is -2.05. The third kappa shape index (κ3) is 3.16. The van der Waals surface area contributed by atoms with Gasteiger partial charge in [0.05, 0.1) is 29.1 Å². The molecule has 0 atom stereocenters. The second-order valence-corrected chi connectivity index (χ2v) is 4.55. The highest BCUT2D eigenvalue weighted by Gasteiger charge is 1.99. The summed E-state index contributed by atoms with van der Waals surface area (Å²) in [6, 6.07) is 7.90. The van der Waals surface area contributed by atoms with Gasteiger partial charge >= 0.3 is 0 Å². The Hall–Kier alpha value is -2.34. The van der Waals surface area contributed by atoms with Crippen LogP contribution in [-0.4, -0.2) is 31.5 Å². The number of aryl methyl sites for hydroxylation is 1. The van der Waals surface area contributed by atoms with Crippen LogP contribution in [0.5, 0.6) is 0 Å². The molecule has 102 valence electrons. The van der Waals surface area contributed by atoms with E-state index in [0.717, 1.165) is 42.8 Å². The molecule has 2 aromatic heterocycles. The fourth-order valence-electron chi connectivity index (χ4n) is 2.02. The zero-order chi connectivity index (χ0) is 13.6. The van der Waals surface area contributed by atoms with Crippen LogP contribution in [0.15, 0.2) is 42.9 Å². The van der Waals surface area contributed by atoms with Crippen LogP contribution in [0.25, 0.3) is 11.0 Å². The summed E-state index contributed by atoms with van der Waals surface area (Å²) in [4.78, 5) is 8.97. The van der Waals surface area contributed by atoms with Crippen LogP contribution >= 0.6 is 0 Å². The molecule has 0 saturated heterocycles. The molecule has 0 aliphatic carbocycles. The average Bonchev–Trinajstić information content (AvgIpc) is 3.00. The van der Waals surface area contributed by atoms with Crippen LogP contribution in [0.1, 0.15) is 12.1 Å². The van der Waals surface area contributed by atoms with Crippen molar-refractivity contribution >= 4 is 11.0 Å². The summed E-state index contributed by atoms with van der Waals surface area (Å²) in [7, 11) is 0. The molecule has 3 aromatic rings. The standard InChI is InChI=1S/C14H16N6/c1-2-5-14-13(4-1)16-11-12(18-14)10-15-6-3-8-20-9-7-17-19-20/h1-2,4-5,7,9,11,15H,3,6,8,10H2. The number of nitrogens with zero attached hydrogens (tertiary/aromatic N) is 5. The van der Waals surface area contributed by atoms with Gasteiger partial charge in [0.25, 0.3) is 0 Å². The van der Waals surface area contributed by atoms with E-state index in [-0.39, 0.29) is 0 Å². The van der Waals surface area contributed by atoms with Crippen LogP contribution in [0, 0.1) is 0 Å². The summed E-state index contributed by atoms with van der Waals surface area (Å²) >= 11 is 0. The Morgan fingerprint density at radius 1 is 1.15 bits per heavy atom. The van der Waals surface area contributed by atoms with Crippen molar-refractivity contribution in [2.24, 2.45) is 0 Å². The van der Waals surface area contributed by atoms with Gasteiger partial charge in [0.2, 0.25) is 0 Å². The SMILES string of the molecule is c1ccc2nc(CNCCCn3ccnn3)cnc2c1. The van der Waals surface area contributed by atoms with E-state index in [0.29, 0.717) is 0 Å². The smallest absolute Gasteiger partial charge is 0.0890 e. The van der Waals surface area contributed by atoms with Crippen molar-refractivity contribution in [2.75, 3.05) is 6.54 Å². The zero-order valence-electron chi connectivity index (χ0n) is 11.1. The van der Waals surface area contributed by atoms with E-state index in [9.17, 15) is 0 Å². The summed E-state index contributed by atoms with van der Waals surface area (Å²) in [6.07, 6.45) is 6.39. The Morgan fingerprint density at radius 2 is 2.05 bits per heavy atom. The van der Waals surface area contributed by atoms with Crippen molar-refractivity contribution in [3.8, 4) is 0 Å². The minimum absolute atomic E-state index is 0.731. The lowest BCUT2D eigenvalue weighted by Crippen LogP contribution is -2.17. The van der Waals surface area contributed by atoms with Crippen LogP contribution in [0.3, 0.4) is 0 Å². The molecule has 3 rings (SSSR count). The number of hydrogen-bond donors (Lipinski definition) is 1. The van der Waals surface area contributed by atoms with E-state index >= 15 is 0 Å². The molecular formula is C14H16N6. The molecule has 0 aliphatic heterocycles. The van der Waals surface area contributed by atoms with Crippen LogP contribution in [-0.2, 0) is 13.1 Å². The van der Waals surface area contributed by atoms with Gasteiger partial charge in [0.1, 0.15) is 0 Å². The maximum atomic E-state index is 4.57. The highest BCUT2D eigenvalue weighted by molar-refractivity contribution is 5.73. The number of rotatable bonds is 6. The van der Waals surface area contributed by atoms with Crippen molar-refractivity contribution in [3.63, 3.8) is 0 Å². The van der Waals surface area contributed by atoms with Crippen molar-refractivity contribution in [2.45, 2.75) is 19.5 Å². The Morgan fingerprint density at radius 3 is 2.90 bits per heavy atom. The first kappa shape index (κ1) is 12.7.